The van der Waals surface area contributed by atoms with Crippen LogP contribution in [-0.4, -0.2) is 0 Å². The first-order valence-electron chi connectivity index (χ1n) is 7.03. The Labute approximate surface area is 133 Å². The summed E-state index contributed by atoms with van der Waals surface area (Å²) in [5, 5.41) is 18.2. The van der Waals surface area contributed by atoms with Crippen LogP contribution in [0.3, 0.4) is 0 Å². The number of benzene rings is 3. The van der Waals surface area contributed by atoms with E-state index in [2.05, 4.69) is 0 Å². The minimum absolute atomic E-state index is 0.123. The molecule has 0 aliphatic rings. The SMILES string of the molecule is N#Cc1cc(-c2ccccc2-c2ccccc2)cc(C#N)c1F. The first-order valence-corrected chi connectivity index (χ1v) is 7.03. The molecule has 0 heterocycles. The number of halogens is 1. The van der Waals surface area contributed by atoms with Crippen molar-refractivity contribution < 1.29 is 4.39 Å². The van der Waals surface area contributed by atoms with Crippen LogP contribution in [0.4, 0.5) is 4.39 Å². The van der Waals surface area contributed by atoms with Gasteiger partial charge in [0, 0.05) is 0 Å². The summed E-state index contributed by atoms with van der Waals surface area (Å²) in [7, 11) is 0. The average molecular weight is 298 g/mol. The molecule has 0 radical (unpaired) electrons. The Balaban J connectivity index is 2.26. The predicted octanol–water partition coefficient (Wildman–Crippen LogP) is 4.90. The van der Waals surface area contributed by atoms with Gasteiger partial charge in [0.1, 0.15) is 12.1 Å². The maximum Gasteiger partial charge on any atom is 0.158 e. The van der Waals surface area contributed by atoms with Gasteiger partial charge in [-0.1, -0.05) is 54.6 Å². The standard InChI is InChI=1S/C20H11FN2/c21-20-16(12-22)10-15(11-17(20)13-23)19-9-5-4-8-18(19)14-6-2-1-3-7-14/h1-11H. The van der Waals surface area contributed by atoms with E-state index in [9.17, 15) is 4.39 Å². The average Bonchev–Trinajstić information content (AvgIpc) is 2.62. The Morgan fingerprint density at radius 3 is 1.65 bits per heavy atom. The molecule has 0 amide bonds. The van der Waals surface area contributed by atoms with Crippen molar-refractivity contribution in [1.82, 2.24) is 0 Å². The molecule has 108 valence electrons. The molecular formula is C20H11FN2. The molecule has 3 rings (SSSR count). The zero-order chi connectivity index (χ0) is 16.2. The van der Waals surface area contributed by atoms with Gasteiger partial charge in [-0.2, -0.15) is 10.5 Å². The van der Waals surface area contributed by atoms with Crippen molar-refractivity contribution in [2.24, 2.45) is 0 Å². The van der Waals surface area contributed by atoms with Crippen LogP contribution >= 0.6 is 0 Å². The van der Waals surface area contributed by atoms with Crippen LogP contribution in [0.5, 0.6) is 0 Å². The van der Waals surface area contributed by atoms with Gasteiger partial charge in [-0.05, 0) is 34.4 Å². The molecule has 0 fully saturated rings. The smallest absolute Gasteiger partial charge is 0.158 e. The van der Waals surface area contributed by atoms with Crippen LogP contribution in [-0.2, 0) is 0 Å². The van der Waals surface area contributed by atoms with E-state index in [0.717, 1.165) is 16.7 Å². The van der Waals surface area contributed by atoms with Crippen molar-refractivity contribution in [2.75, 3.05) is 0 Å². The normalized spacial score (nSPS) is 9.87. The fourth-order valence-electron chi connectivity index (χ4n) is 2.55. The van der Waals surface area contributed by atoms with Crippen molar-refractivity contribution in [1.29, 1.82) is 10.5 Å². The van der Waals surface area contributed by atoms with Gasteiger partial charge in [-0.3, -0.25) is 0 Å². The molecule has 3 aromatic rings. The molecule has 0 saturated carbocycles. The lowest BCUT2D eigenvalue weighted by molar-refractivity contribution is 0.620. The second-order valence-electron chi connectivity index (χ2n) is 5.02. The Morgan fingerprint density at radius 1 is 0.652 bits per heavy atom. The maximum atomic E-state index is 13.9. The quantitative estimate of drug-likeness (QED) is 0.675. The summed E-state index contributed by atoms with van der Waals surface area (Å²) in [6, 6.07) is 24.1. The van der Waals surface area contributed by atoms with E-state index >= 15 is 0 Å². The molecule has 3 aromatic carbocycles. The molecule has 0 N–H and O–H groups in total. The summed E-state index contributed by atoms with van der Waals surface area (Å²) in [6.07, 6.45) is 0. The highest BCUT2D eigenvalue weighted by Crippen LogP contribution is 2.33. The van der Waals surface area contributed by atoms with Crippen molar-refractivity contribution in [3.63, 3.8) is 0 Å². The lowest BCUT2D eigenvalue weighted by atomic mass is 9.92. The second-order valence-corrected chi connectivity index (χ2v) is 5.02. The van der Waals surface area contributed by atoms with Crippen molar-refractivity contribution in [3.05, 3.63) is 83.7 Å². The van der Waals surface area contributed by atoms with Crippen LogP contribution in [0.1, 0.15) is 11.1 Å². The van der Waals surface area contributed by atoms with E-state index in [1.54, 1.807) is 0 Å². The summed E-state index contributed by atoms with van der Waals surface area (Å²) in [6.45, 7) is 0. The van der Waals surface area contributed by atoms with E-state index in [4.69, 9.17) is 10.5 Å². The van der Waals surface area contributed by atoms with Gasteiger partial charge in [0.05, 0.1) is 11.1 Å². The van der Waals surface area contributed by atoms with E-state index in [0.29, 0.717) is 5.56 Å². The molecule has 0 bridgehead atoms. The highest BCUT2D eigenvalue weighted by atomic mass is 19.1. The molecule has 23 heavy (non-hydrogen) atoms. The third-order valence-electron chi connectivity index (χ3n) is 3.64. The van der Waals surface area contributed by atoms with Gasteiger partial charge < -0.3 is 0 Å². The molecule has 0 spiro atoms. The van der Waals surface area contributed by atoms with Crippen LogP contribution in [0.2, 0.25) is 0 Å². The number of hydrogen-bond donors (Lipinski definition) is 0. The number of hydrogen-bond acceptors (Lipinski definition) is 2. The van der Waals surface area contributed by atoms with Crippen LogP contribution in [0.15, 0.2) is 66.7 Å². The van der Waals surface area contributed by atoms with E-state index in [1.807, 2.05) is 66.7 Å². The van der Waals surface area contributed by atoms with Crippen LogP contribution in [0, 0.1) is 28.5 Å². The van der Waals surface area contributed by atoms with Gasteiger partial charge in [0.15, 0.2) is 5.82 Å². The fraction of sp³-hybridized carbons (Fsp3) is 0. The highest BCUT2D eigenvalue weighted by molar-refractivity contribution is 5.84. The Kier molecular flexibility index (Phi) is 3.87. The zero-order valence-electron chi connectivity index (χ0n) is 12.1. The molecule has 2 nitrogen and oxygen atoms in total. The summed E-state index contributed by atoms with van der Waals surface area (Å²) < 4.78 is 13.9. The Hall–Kier alpha value is -3.43. The zero-order valence-corrected chi connectivity index (χ0v) is 12.1. The van der Waals surface area contributed by atoms with Crippen molar-refractivity contribution in [3.8, 4) is 34.4 Å². The highest BCUT2D eigenvalue weighted by Gasteiger charge is 2.14. The lowest BCUT2D eigenvalue weighted by Gasteiger charge is -2.11. The Morgan fingerprint density at radius 2 is 1.13 bits per heavy atom. The second kappa shape index (κ2) is 6.13. The number of rotatable bonds is 2. The van der Waals surface area contributed by atoms with Crippen molar-refractivity contribution >= 4 is 0 Å². The monoisotopic (exact) mass is 298 g/mol. The maximum absolute atomic E-state index is 13.9. The molecule has 0 saturated heterocycles. The lowest BCUT2D eigenvalue weighted by Crippen LogP contribution is -1.93. The van der Waals surface area contributed by atoms with Gasteiger partial charge in [0.2, 0.25) is 0 Å². The summed E-state index contributed by atoms with van der Waals surface area (Å²) in [5.74, 6) is -0.768. The largest absolute Gasteiger partial charge is 0.204 e. The third kappa shape index (κ3) is 2.69. The number of nitrogens with zero attached hydrogens (tertiary/aromatic N) is 2. The van der Waals surface area contributed by atoms with Gasteiger partial charge in [-0.15, -0.1) is 0 Å². The summed E-state index contributed by atoms with van der Waals surface area (Å²) in [5.41, 5.74) is 3.24. The first kappa shape index (κ1) is 14.5. The van der Waals surface area contributed by atoms with Gasteiger partial charge in [0.25, 0.3) is 0 Å². The van der Waals surface area contributed by atoms with Crippen LogP contribution < -0.4 is 0 Å². The van der Waals surface area contributed by atoms with Gasteiger partial charge >= 0.3 is 0 Å². The molecule has 0 aliphatic heterocycles. The molecule has 0 unspecified atom stereocenters. The number of nitriles is 2. The first-order chi connectivity index (χ1) is 11.2. The van der Waals surface area contributed by atoms with Crippen molar-refractivity contribution in [2.45, 2.75) is 0 Å². The molecule has 0 aromatic heterocycles. The summed E-state index contributed by atoms with van der Waals surface area (Å²) in [4.78, 5) is 0. The molecule has 3 heteroatoms. The predicted molar refractivity (Wildman–Crippen MR) is 86.7 cm³/mol. The minimum Gasteiger partial charge on any atom is -0.204 e. The Bertz CT molecular complexity index is 912. The van der Waals surface area contributed by atoms with E-state index < -0.39 is 5.82 Å². The minimum atomic E-state index is -0.768. The van der Waals surface area contributed by atoms with E-state index in [1.165, 1.54) is 12.1 Å². The molecule has 0 atom stereocenters. The van der Waals surface area contributed by atoms with E-state index in [-0.39, 0.29) is 11.1 Å². The third-order valence-corrected chi connectivity index (χ3v) is 3.64. The molecular weight excluding hydrogens is 287 g/mol. The molecule has 0 aliphatic carbocycles. The van der Waals surface area contributed by atoms with Gasteiger partial charge in [-0.25, -0.2) is 4.39 Å². The topological polar surface area (TPSA) is 47.6 Å². The van der Waals surface area contributed by atoms with Crippen LogP contribution in [0.25, 0.3) is 22.3 Å². The summed E-state index contributed by atoms with van der Waals surface area (Å²) >= 11 is 0. The fourth-order valence-corrected chi connectivity index (χ4v) is 2.55.